The van der Waals surface area contributed by atoms with Gasteiger partial charge < -0.3 is 33.9 Å². The third-order valence-electron chi connectivity index (χ3n) is 5.68. The Kier molecular flexibility index (Phi) is 12.8. The number of hydrogen-bond donors (Lipinski definition) is 2. The van der Waals surface area contributed by atoms with E-state index in [4.69, 9.17) is 18.9 Å². The van der Waals surface area contributed by atoms with Gasteiger partial charge in [0.05, 0.1) is 39.1 Å². The molecular weight excluding hydrogens is 440 g/mol. The first kappa shape index (κ1) is 27.9. The monoisotopic (exact) mass is 476 g/mol. The molecule has 0 fully saturated rings. The number of ether oxygens (including phenoxy) is 5. The van der Waals surface area contributed by atoms with E-state index in [9.17, 15) is 15.0 Å². The Balaban J connectivity index is 1.95. The van der Waals surface area contributed by atoms with E-state index >= 15 is 0 Å². The Morgan fingerprint density at radius 1 is 0.824 bits per heavy atom. The number of rotatable bonds is 16. The minimum absolute atomic E-state index is 0.0321. The van der Waals surface area contributed by atoms with Crippen molar-refractivity contribution in [3.05, 3.63) is 71.8 Å². The molecule has 8 nitrogen and oxygen atoms in total. The summed E-state index contributed by atoms with van der Waals surface area (Å²) in [6, 6.07) is 19.3. The predicted molar refractivity (Wildman–Crippen MR) is 125 cm³/mol. The number of methoxy groups -OCH3 is 1. The highest BCUT2D eigenvalue weighted by molar-refractivity contribution is 5.74. The molecule has 34 heavy (non-hydrogen) atoms. The molecule has 2 aromatic carbocycles. The van der Waals surface area contributed by atoms with Crippen LogP contribution in [0.1, 0.15) is 25.0 Å². The lowest BCUT2D eigenvalue weighted by molar-refractivity contribution is -0.187. The van der Waals surface area contributed by atoms with E-state index in [1.807, 2.05) is 67.6 Å². The second-order valence-electron chi connectivity index (χ2n) is 8.11. The molecule has 8 heteroatoms. The molecule has 0 saturated carbocycles. The normalized spacial score (nSPS) is 15.8. The van der Waals surface area contributed by atoms with Gasteiger partial charge in [-0.2, -0.15) is 0 Å². The van der Waals surface area contributed by atoms with Crippen molar-refractivity contribution in [1.82, 2.24) is 0 Å². The topological polar surface area (TPSA) is 104 Å². The minimum Gasteiger partial charge on any atom is -0.467 e. The molecular formula is C26H36O8. The zero-order valence-electron chi connectivity index (χ0n) is 20.0. The Labute approximate surface area is 201 Å². The van der Waals surface area contributed by atoms with Crippen LogP contribution < -0.4 is 0 Å². The van der Waals surface area contributed by atoms with E-state index in [1.54, 1.807) is 6.92 Å². The molecule has 0 radical (unpaired) electrons. The van der Waals surface area contributed by atoms with Gasteiger partial charge in [0.25, 0.3) is 0 Å². The average Bonchev–Trinajstić information content (AvgIpc) is 2.88. The van der Waals surface area contributed by atoms with Crippen LogP contribution in [0.5, 0.6) is 0 Å². The maximum atomic E-state index is 11.9. The molecule has 2 N–H and O–H groups in total. The zero-order chi connectivity index (χ0) is 24.8. The van der Waals surface area contributed by atoms with E-state index < -0.39 is 36.1 Å². The Hall–Kier alpha value is -2.33. The van der Waals surface area contributed by atoms with Crippen molar-refractivity contribution in [2.45, 2.75) is 45.4 Å². The lowest BCUT2D eigenvalue weighted by Crippen LogP contribution is -2.46. The van der Waals surface area contributed by atoms with Gasteiger partial charge in [0.2, 0.25) is 0 Å². The van der Waals surface area contributed by atoms with Crippen LogP contribution in [0.2, 0.25) is 0 Å². The summed E-state index contributed by atoms with van der Waals surface area (Å²) < 4.78 is 27.6. The van der Waals surface area contributed by atoms with Gasteiger partial charge in [-0.1, -0.05) is 74.5 Å². The molecule has 0 aromatic heterocycles. The third-order valence-corrected chi connectivity index (χ3v) is 5.68. The molecule has 0 saturated heterocycles. The van der Waals surface area contributed by atoms with Gasteiger partial charge in [-0.25, -0.2) is 4.79 Å². The van der Waals surface area contributed by atoms with E-state index in [1.165, 1.54) is 7.11 Å². The molecule has 0 unspecified atom stereocenters. The zero-order valence-corrected chi connectivity index (χ0v) is 20.0. The Morgan fingerprint density at radius 3 is 1.79 bits per heavy atom. The summed E-state index contributed by atoms with van der Waals surface area (Å²) in [6.45, 7) is 3.84. The van der Waals surface area contributed by atoms with Crippen LogP contribution in [0.3, 0.4) is 0 Å². The first-order valence-corrected chi connectivity index (χ1v) is 11.3. The van der Waals surface area contributed by atoms with Crippen molar-refractivity contribution in [3.63, 3.8) is 0 Å². The fourth-order valence-electron chi connectivity index (χ4n) is 3.61. The van der Waals surface area contributed by atoms with Gasteiger partial charge in [0.1, 0.15) is 13.6 Å². The van der Waals surface area contributed by atoms with Gasteiger partial charge in [0, 0.05) is 11.8 Å². The first-order chi connectivity index (χ1) is 16.5. The number of aliphatic hydroxyl groups excluding tert-OH is 2. The van der Waals surface area contributed by atoms with Gasteiger partial charge in [0.15, 0.2) is 6.10 Å². The van der Waals surface area contributed by atoms with Crippen molar-refractivity contribution in [2.75, 3.05) is 27.3 Å². The lowest BCUT2D eigenvalue weighted by Gasteiger charge is -2.35. The number of hydrogen-bond acceptors (Lipinski definition) is 8. The quantitative estimate of drug-likeness (QED) is 0.217. The summed E-state index contributed by atoms with van der Waals surface area (Å²) in [4.78, 5) is 11.9. The molecule has 2 rings (SSSR count). The Bertz CT molecular complexity index is 801. The second kappa shape index (κ2) is 15.5. The summed E-state index contributed by atoms with van der Waals surface area (Å²) in [7, 11) is 1.21. The third kappa shape index (κ3) is 9.13. The second-order valence-corrected chi connectivity index (χ2v) is 8.11. The largest absolute Gasteiger partial charge is 0.467 e. The van der Waals surface area contributed by atoms with Gasteiger partial charge in [-0.05, 0) is 11.1 Å². The smallest absolute Gasteiger partial charge is 0.335 e. The van der Waals surface area contributed by atoms with Crippen molar-refractivity contribution < 1.29 is 38.7 Å². The van der Waals surface area contributed by atoms with Crippen LogP contribution in [0.15, 0.2) is 60.7 Å². The summed E-state index contributed by atoms with van der Waals surface area (Å²) >= 11 is 0. The molecule has 0 aliphatic heterocycles. The molecule has 5 atom stereocenters. The molecule has 0 aliphatic carbocycles. The lowest BCUT2D eigenvalue weighted by atomic mass is 9.86. The standard InChI is InChI=1S/C26H36O8/c1-19(23(14-27)33-17-31-15-21-10-6-4-7-11-21)25(20(2)24(28)26(29)30-3)34-18-32-16-22-12-8-5-9-13-22/h4-13,19-20,23-25,27-28H,14-18H2,1-3H3/t19-,20-,23-,24-,25+/m1/s1. The van der Waals surface area contributed by atoms with Crippen LogP contribution in [0, 0.1) is 11.8 Å². The number of esters is 1. The van der Waals surface area contributed by atoms with E-state index in [0.29, 0.717) is 13.2 Å². The molecule has 2 aromatic rings. The van der Waals surface area contributed by atoms with Crippen LogP contribution in [-0.4, -0.2) is 61.8 Å². The maximum Gasteiger partial charge on any atom is 0.335 e. The molecule has 0 heterocycles. The average molecular weight is 477 g/mol. The fraction of sp³-hybridized carbons (Fsp3) is 0.500. The van der Waals surface area contributed by atoms with Crippen molar-refractivity contribution in [1.29, 1.82) is 0 Å². The fourth-order valence-corrected chi connectivity index (χ4v) is 3.61. The highest BCUT2D eigenvalue weighted by atomic mass is 16.7. The summed E-state index contributed by atoms with van der Waals surface area (Å²) in [5.74, 6) is -1.81. The highest BCUT2D eigenvalue weighted by Gasteiger charge is 2.37. The molecule has 0 spiro atoms. The van der Waals surface area contributed by atoms with Crippen LogP contribution in [-0.2, 0) is 41.7 Å². The number of aliphatic hydroxyl groups is 2. The summed E-state index contributed by atoms with van der Waals surface area (Å²) in [5.41, 5.74) is 2.00. The number of carbonyl (C=O) groups is 1. The summed E-state index contributed by atoms with van der Waals surface area (Å²) in [6.07, 6.45) is -2.72. The highest BCUT2D eigenvalue weighted by Crippen LogP contribution is 2.25. The molecule has 0 amide bonds. The van der Waals surface area contributed by atoms with E-state index in [2.05, 4.69) is 4.74 Å². The minimum atomic E-state index is -1.40. The predicted octanol–water partition coefficient (Wildman–Crippen LogP) is 2.90. The van der Waals surface area contributed by atoms with Gasteiger partial charge >= 0.3 is 5.97 Å². The first-order valence-electron chi connectivity index (χ1n) is 11.3. The van der Waals surface area contributed by atoms with E-state index in [-0.39, 0.29) is 20.2 Å². The van der Waals surface area contributed by atoms with Crippen LogP contribution in [0.4, 0.5) is 0 Å². The van der Waals surface area contributed by atoms with E-state index in [0.717, 1.165) is 11.1 Å². The van der Waals surface area contributed by atoms with Crippen molar-refractivity contribution in [2.24, 2.45) is 11.8 Å². The SMILES string of the molecule is COC(=O)[C@H](O)[C@@H](C)[C@@H](OCOCc1ccccc1)[C@H](C)[C@@H](CO)OCOCc1ccccc1. The maximum absolute atomic E-state index is 11.9. The van der Waals surface area contributed by atoms with Gasteiger partial charge in [-0.3, -0.25) is 0 Å². The van der Waals surface area contributed by atoms with Crippen molar-refractivity contribution in [3.8, 4) is 0 Å². The summed E-state index contributed by atoms with van der Waals surface area (Å²) in [5, 5.41) is 20.3. The molecule has 0 bridgehead atoms. The van der Waals surface area contributed by atoms with Crippen LogP contribution >= 0.6 is 0 Å². The molecule has 188 valence electrons. The number of benzene rings is 2. The van der Waals surface area contributed by atoms with Crippen molar-refractivity contribution >= 4 is 5.97 Å². The Morgan fingerprint density at radius 2 is 1.32 bits per heavy atom. The molecule has 0 aliphatic rings. The number of carbonyl (C=O) groups excluding carboxylic acids is 1. The van der Waals surface area contributed by atoms with Gasteiger partial charge in [-0.15, -0.1) is 0 Å². The van der Waals surface area contributed by atoms with Crippen LogP contribution in [0.25, 0.3) is 0 Å².